The van der Waals surface area contributed by atoms with Crippen LogP contribution < -0.4 is 4.74 Å². The van der Waals surface area contributed by atoms with Gasteiger partial charge in [0.2, 0.25) is 0 Å². The van der Waals surface area contributed by atoms with Crippen LogP contribution in [0.15, 0.2) is 35.6 Å². The fourth-order valence-corrected chi connectivity index (χ4v) is 3.17. The maximum atomic E-state index is 6.45. The second kappa shape index (κ2) is 7.77. The maximum absolute atomic E-state index is 6.45. The number of fused-ring (bicyclic) bond motifs is 1. The molecule has 0 saturated heterocycles. The van der Waals surface area contributed by atoms with Crippen LogP contribution >= 0.6 is 35.0 Å². The lowest BCUT2D eigenvalue weighted by Crippen LogP contribution is -2.05. The van der Waals surface area contributed by atoms with E-state index < -0.39 is 0 Å². The zero-order valence-electron chi connectivity index (χ0n) is 14.1. The summed E-state index contributed by atoms with van der Waals surface area (Å²) in [6.45, 7) is 4.77. The van der Waals surface area contributed by atoms with Crippen molar-refractivity contribution in [2.45, 2.75) is 19.0 Å². The summed E-state index contributed by atoms with van der Waals surface area (Å²) < 4.78 is 5.93. The first kappa shape index (κ1) is 18.2. The van der Waals surface area contributed by atoms with Crippen molar-refractivity contribution in [1.29, 1.82) is 0 Å². The van der Waals surface area contributed by atoms with Crippen molar-refractivity contribution in [3.05, 3.63) is 40.6 Å². The average Bonchev–Trinajstić information content (AvgIpc) is 2.59. The van der Waals surface area contributed by atoms with Crippen molar-refractivity contribution >= 4 is 46.0 Å². The summed E-state index contributed by atoms with van der Waals surface area (Å²) in [6.07, 6.45) is 3.66. The summed E-state index contributed by atoms with van der Waals surface area (Å²) in [5.41, 5.74) is 2.00. The first-order chi connectivity index (χ1) is 12.0. The molecule has 1 aromatic carbocycles. The lowest BCUT2D eigenvalue weighted by Gasteiger charge is -2.15. The zero-order valence-corrected chi connectivity index (χ0v) is 16.4. The molecule has 3 aromatic rings. The normalized spacial score (nSPS) is 11.3. The predicted octanol–water partition coefficient (Wildman–Crippen LogP) is 5.76. The van der Waals surface area contributed by atoms with Gasteiger partial charge in [0.1, 0.15) is 10.9 Å². The second-order valence-corrected chi connectivity index (χ2v) is 7.45. The molecule has 4 nitrogen and oxygen atoms in total. The van der Waals surface area contributed by atoms with E-state index in [1.54, 1.807) is 6.20 Å². The maximum Gasteiger partial charge on any atom is 0.189 e. The predicted molar refractivity (Wildman–Crippen MR) is 105 cm³/mol. The molecule has 0 aliphatic rings. The van der Waals surface area contributed by atoms with E-state index in [2.05, 4.69) is 28.8 Å². The molecular formula is C18H17Cl2N3OS. The number of benzene rings is 1. The highest BCUT2D eigenvalue weighted by Gasteiger charge is 2.17. The standard InChI is InChI=1S/C18H17Cl2N3OS/c1-10(2)9-24-14-6-4-5-13(19)15(14)12-7-11-8-21-18(25-3)23-17(11)22-16(12)20/h4-8,10H,9H2,1-3H3. The van der Waals surface area contributed by atoms with Crippen LogP contribution in [0.1, 0.15) is 13.8 Å². The third-order valence-corrected chi connectivity index (χ3v) is 4.66. The van der Waals surface area contributed by atoms with Crippen molar-refractivity contribution in [2.75, 3.05) is 12.9 Å². The molecule has 0 atom stereocenters. The number of rotatable bonds is 5. The molecule has 130 valence electrons. The summed E-state index contributed by atoms with van der Waals surface area (Å²) in [6, 6.07) is 7.46. The molecule has 0 spiro atoms. The van der Waals surface area contributed by atoms with Gasteiger partial charge in [0.25, 0.3) is 0 Å². The van der Waals surface area contributed by atoms with E-state index in [-0.39, 0.29) is 0 Å². The molecule has 0 aliphatic carbocycles. The molecule has 0 saturated carbocycles. The fourth-order valence-electron chi connectivity index (χ4n) is 2.34. The number of hydrogen-bond acceptors (Lipinski definition) is 5. The summed E-state index contributed by atoms with van der Waals surface area (Å²) in [4.78, 5) is 13.1. The third-order valence-electron chi connectivity index (χ3n) is 3.50. The molecule has 2 heterocycles. The highest BCUT2D eigenvalue weighted by Crippen LogP contribution is 2.40. The first-order valence-corrected chi connectivity index (χ1v) is 9.76. The minimum atomic E-state index is 0.334. The molecule has 7 heteroatoms. The fraction of sp³-hybridized carbons (Fsp3) is 0.278. The summed E-state index contributed by atoms with van der Waals surface area (Å²) >= 11 is 14.4. The Morgan fingerprint density at radius 1 is 1.20 bits per heavy atom. The van der Waals surface area contributed by atoms with E-state index in [0.29, 0.717) is 44.8 Å². The van der Waals surface area contributed by atoms with Crippen LogP contribution in [0.2, 0.25) is 10.2 Å². The van der Waals surface area contributed by atoms with Crippen LogP contribution in [-0.4, -0.2) is 27.8 Å². The lowest BCUT2D eigenvalue weighted by atomic mass is 10.1. The molecular weight excluding hydrogens is 377 g/mol. The number of pyridine rings is 1. The molecule has 3 rings (SSSR count). The Morgan fingerprint density at radius 3 is 2.72 bits per heavy atom. The Kier molecular flexibility index (Phi) is 5.67. The third kappa shape index (κ3) is 4.00. The molecule has 0 bridgehead atoms. The van der Waals surface area contributed by atoms with E-state index in [9.17, 15) is 0 Å². The highest BCUT2D eigenvalue weighted by atomic mass is 35.5. The number of thioether (sulfide) groups is 1. The Hall–Kier alpha value is -1.56. The van der Waals surface area contributed by atoms with Gasteiger partial charge in [-0.1, -0.05) is 54.9 Å². The topological polar surface area (TPSA) is 47.9 Å². The van der Waals surface area contributed by atoms with Crippen molar-refractivity contribution < 1.29 is 4.74 Å². The van der Waals surface area contributed by atoms with Crippen LogP contribution in [0.3, 0.4) is 0 Å². The van der Waals surface area contributed by atoms with Gasteiger partial charge in [0, 0.05) is 22.7 Å². The SMILES string of the molecule is CSc1ncc2cc(-c3c(Cl)cccc3OCC(C)C)c(Cl)nc2n1. The van der Waals surface area contributed by atoms with Gasteiger partial charge in [0.05, 0.1) is 11.6 Å². The first-order valence-electron chi connectivity index (χ1n) is 7.78. The van der Waals surface area contributed by atoms with E-state index in [1.807, 2.05) is 30.5 Å². The smallest absolute Gasteiger partial charge is 0.189 e. The second-order valence-electron chi connectivity index (χ2n) is 5.91. The molecule has 2 aromatic heterocycles. The number of hydrogen-bond donors (Lipinski definition) is 0. The van der Waals surface area contributed by atoms with Crippen LogP contribution in [0.5, 0.6) is 5.75 Å². The van der Waals surface area contributed by atoms with Gasteiger partial charge in [-0.3, -0.25) is 0 Å². The minimum Gasteiger partial charge on any atom is -0.493 e. The monoisotopic (exact) mass is 393 g/mol. The van der Waals surface area contributed by atoms with Crippen LogP contribution in [0, 0.1) is 5.92 Å². The Morgan fingerprint density at radius 2 is 2.00 bits per heavy atom. The Bertz CT molecular complexity index is 918. The molecule has 0 unspecified atom stereocenters. The number of aromatic nitrogens is 3. The van der Waals surface area contributed by atoms with Crippen molar-refractivity contribution in [1.82, 2.24) is 15.0 Å². The van der Waals surface area contributed by atoms with Gasteiger partial charge in [-0.2, -0.15) is 0 Å². The summed E-state index contributed by atoms with van der Waals surface area (Å²) in [5.74, 6) is 1.08. The zero-order chi connectivity index (χ0) is 18.0. The average molecular weight is 394 g/mol. The highest BCUT2D eigenvalue weighted by molar-refractivity contribution is 7.98. The van der Waals surface area contributed by atoms with Gasteiger partial charge in [0.15, 0.2) is 10.8 Å². The van der Waals surface area contributed by atoms with Crippen LogP contribution in [-0.2, 0) is 0 Å². The molecule has 0 fully saturated rings. The molecule has 0 aliphatic heterocycles. The Labute approximate surface area is 160 Å². The largest absolute Gasteiger partial charge is 0.493 e. The molecule has 25 heavy (non-hydrogen) atoms. The van der Waals surface area contributed by atoms with Gasteiger partial charge in [-0.05, 0) is 30.4 Å². The van der Waals surface area contributed by atoms with E-state index in [0.717, 1.165) is 10.9 Å². The lowest BCUT2D eigenvalue weighted by molar-refractivity contribution is 0.272. The number of ether oxygens (including phenoxy) is 1. The molecule has 0 radical (unpaired) electrons. The number of halogens is 2. The van der Waals surface area contributed by atoms with Crippen molar-refractivity contribution in [3.8, 4) is 16.9 Å². The van der Waals surface area contributed by atoms with E-state index >= 15 is 0 Å². The van der Waals surface area contributed by atoms with Crippen molar-refractivity contribution in [2.24, 2.45) is 5.92 Å². The summed E-state index contributed by atoms with van der Waals surface area (Å²) in [7, 11) is 0. The van der Waals surface area contributed by atoms with Gasteiger partial charge >= 0.3 is 0 Å². The van der Waals surface area contributed by atoms with Crippen LogP contribution in [0.25, 0.3) is 22.2 Å². The summed E-state index contributed by atoms with van der Waals surface area (Å²) in [5, 5.41) is 2.35. The van der Waals surface area contributed by atoms with Gasteiger partial charge in [-0.15, -0.1) is 0 Å². The minimum absolute atomic E-state index is 0.334. The van der Waals surface area contributed by atoms with Gasteiger partial charge in [-0.25, -0.2) is 15.0 Å². The van der Waals surface area contributed by atoms with E-state index in [4.69, 9.17) is 27.9 Å². The van der Waals surface area contributed by atoms with Gasteiger partial charge < -0.3 is 4.74 Å². The van der Waals surface area contributed by atoms with Crippen LogP contribution in [0.4, 0.5) is 0 Å². The molecule has 0 amide bonds. The molecule has 0 N–H and O–H groups in total. The quantitative estimate of drug-likeness (QED) is 0.313. The van der Waals surface area contributed by atoms with E-state index in [1.165, 1.54) is 11.8 Å². The van der Waals surface area contributed by atoms with Crippen molar-refractivity contribution in [3.63, 3.8) is 0 Å². The Balaban J connectivity index is 2.14. The number of nitrogens with zero attached hydrogens (tertiary/aromatic N) is 3.